The van der Waals surface area contributed by atoms with Crippen LogP contribution in [0.15, 0.2) is 29.4 Å². The molecule has 3 aromatic rings. The molecule has 0 bridgehead atoms. The van der Waals surface area contributed by atoms with E-state index >= 15 is 0 Å². The normalized spacial score (nSPS) is 15.2. The maximum Gasteiger partial charge on any atom is 0.264 e. The molecule has 2 heterocycles. The van der Waals surface area contributed by atoms with Crippen molar-refractivity contribution in [3.63, 3.8) is 0 Å². The molecule has 0 spiro atoms. The Hall–Kier alpha value is -1.70. The second kappa shape index (κ2) is 5.15. The standard InChI is InChI=1S/C14H12Cl2N4O2S/c15-9-3-8-11(4-10(9)16)17-6-13(8)23(21,22)20-12-5-18-19-14(12)7-1-2-7/h3-7,17,20H,1-2H2,(H,18,19). The molecule has 6 nitrogen and oxygen atoms in total. The number of sulfonamides is 1. The van der Waals surface area contributed by atoms with Gasteiger partial charge in [-0.05, 0) is 25.0 Å². The first kappa shape index (κ1) is 14.9. The fourth-order valence-electron chi connectivity index (χ4n) is 2.57. The van der Waals surface area contributed by atoms with Gasteiger partial charge >= 0.3 is 0 Å². The fraction of sp³-hybridized carbons (Fsp3) is 0.214. The van der Waals surface area contributed by atoms with E-state index in [2.05, 4.69) is 19.9 Å². The number of hydrogen-bond donors (Lipinski definition) is 3. The monoisotopic (exact) mass is 370 g/mol. The van der Waals surface area contributed by atoms with Gasteiger partial charge < -0.3 is 4.98 Å². The van der Waals surface area contributed by atoms with Gasteiger partial charge in [0.2, 0.25) is 0 Å². The first-order valence-corrected chi connectivity index (χ1v) is 9.22. The number of hydrogen-bond acceptors (Lipinski definition) is 3. The van der Waals surface area contributed by atoms with Crippen molar-refractivity contribution in [1.82, 2.24) is 15.2 Å². The SMILES string of the molecule is O=S(=O)(Nc1cn[nH]c1C1CC1)c1c[nH]c2cc(Cl)c(Cl)cc12. The Balaban J connectivity index is 1.76. The van der Waals surface area contributed by atoms with Gasteiger partial charge in [0, 0.05) is 23.0 Å². The summed E-state index contributed by atoms with van der Waals surface area (Å²) in [5.74, 6) is 0.353. The number of rotatable bonds is 4. The zero-order valence-corrected chi connectivity index (χ0v) is 14.1. The van der Waals surface area contributed by atoms with Gasteiger partial charge in [-0.1, -0.05) is 23.2 Å². The topological polar surface area (TPSA) is 90.6 Å². The largest absolute Gasteiger partial charge is 0.360 e. The highest BCUT2D eigenvalue weighted by atomic mass is 35.5. The lowest BCUT2D eigenvalue weighted by molar-refractivity contribution is 0.602. The van der Waals surface area contributed by atoms with Gasteiger partial charge in [-0.3, -0.25) is 9.82 Å². The fourth-order valence-corrected chi connectivity index (χ4v) is 4.14. The van der Waals surface area contributed by atoms with Gasteiger partial charge in [0.05, 0.1) is 27.6 Å². The Morgan fingerprint density at radius 1 is 1.22 bits per heavy atom. The molecular formula is C14H12Cl2N4O2S. The third-order valence-electron chi connectivity index (χ3n) is 3.87. The summed E-state index contributed by atoms with van der Waals surface area (Å²) in [6.45, 7) is 0. The smallest absolute Gasteiger partial charge is 0.264 e. The van der Waals surface area contributed by atoms with E-state index in [1.54, 1.807) is 12.1 Å². The van der Waals surface area contributed by atoms with Crippen LogP contribution in [0.5, 0.6) is 0 Å². The summed E-state index contributed by atoms with van der Waals surface area (Å²) in [5.41, 5.74) is 1.92. The minimum absolute atomic E-state index is 0.119. The molecule has 0 radical (unpaired) electrons. The quantitative estimate of drug-likeness (QED) is 0.650. The predicted molar refractivity (Wildman–Crippen MR) is 89.7 cm³/mol. The molecule has 0 aliphatic heterocycles. The van der Waals surface area contributed by atoms with Crippen LogP contribution in [0.25, 0.3) is 10.9 Å². The van der Waals surface area contributed by atoms with E-state index in [0.29, 0.717) is 32.6 Å². The lowest BCUT2D eigenvalue weighted by Crippen LogP contribution is -2.13. The highest BCUT2D eigenvalue weighted by Gasteiger charge is 2.30. The van der Waals surface area contributed by atoms with E-state index in [9.17, 15) is 8.42 Å². The molecule has 1 fully saturated rings. The minimum Gasteiger partial charge on any atom is -0.360 e. The van der Waals surface area contributed by atoms with E-state index in [1.807, 2.05) is 0 Å². The van der Waals surface area contributed by atoms with E-state index in [0.717, 1.165) is 18.5 Å². The second-order valence-electron chi connectivity index (χ2n) is 5.54. The molecule has 9 heteroatoms. The third-order valence-corrected chi connectivity index (χ3v) is 6.00. The summed E-state index contributed by atoms with van der Waals surface area (Å²) in [4.78, 5) is 3.03. The second-order valence-corrected chi connectivity index (χ2v) is 8.01. The number of anilines is 1. The van der Waals surface area contributed by atoms with Crippen LogP contribution in [0, 0.1) is 0 Å². The summed E-state index contributed by atoms with van der Waals surface area (Å²) in [5, 5.41) is 7.96. The molecule has 23 heavy (non-hydrogen) atoms. The number of fused-ring (bicyclic) bond motifs is 1. The molecule has 4 rings (SSSR count). The molecular weight excluding hydrogens is 359 g/mol. The average Bonchev–Trinajstić information content (AvgIpc) is 3.09. The van der Waals surface area contributed by atoms with Gasteiger partial charge in [-0.2, -0.15) is 5.10 Å². The first-order valence-electron chi connectivity index (χ1n) is 6.98. The Bertz CT molecular complexity index is 1010. The van der Waals surface area contributed by atoms with E-state index < -0.39 is 10.0 Å². The van der Waals surface area contributed by atoms with E-state index in [-0.39, 0.29) is 4.90 Å². The van der Waals surface area contributed by atoms with Crippen molar-refractivity contribution in [1.29, 1.82) is 0 Å². The van der Waals surface area contributed by atoms with Gasteiger partial charge in [0.1, 0.15) is 4.90 Å². The van der Waals surface area contributed by atoms with Crippen molar-refractivity contribution in [2.75, 3.05) is 4.72 Å². The molecule has 1 aliphatic rings. The Morgan fingerprint density at radius 3 is 2.70 bits per heavy atom. The van der Waals surface area contributed by atoms with Crippen LogP contribution in [0.4, 0.5) is 5.69 Å². The zero-order valence-electron chi connectivity index (χ0n) is 11.7. The first-order chi connectivity index (χ1) is 11.0. The van der Waals surface area contributed by atoms with Crippen molar-refractivity contribution in [3.8, 4) is 0 Å². The molecule has 120 valence electrons. The van der Waals surface area contributed by atoms with Crippen molar-refractivity contribution >= 4 is 49.8 Å². The summed E-state index contributed by atoms with van der Waals surface area (Å²) in [7, 11) is -3.77. The number of benzene rings is 1. The van der Waals surface area contributed by atoms with Crippen LogP contribution in [0.2, 0.25) is 10.0 Å². The maximum atomic E-state index is 12.7. The summed E-state index contributed by atoms with van der Waals surface area (Å²) in [6, 6.07) is 3.15. The van der Waals surface area contributed by atoms with E-state index in [1.165, 1.54) is 12.4 Å². The molecule has 0 saturated heterocycles. The molecule has 2 aromatic heterocycles. The van der Waals surface area contributed by atoms with Gasteiger partial charge in [-0.15, -0.1) is 0 Å². The summed E-state index contributed by atoms with van der Waals surface area (Å²) < 4.78 is 28.0. The Labute approximate surface area is 142 Å². The number of H-pyrrole nitrogens is 2. The summed E-state index contributed by atoms with van der Waals surface area (Å²) >= 11 is 12.0. The molecule has 0 atom stereocenters. The molecule has 0 amide bonds. The van der Waals surface area contributed by atoms with Crippen LogP contribution in [0.3, 0.4) is 0 Å². The van der Waals surface area contributed by atoms with Gasteiger partial charge in [0.15, 0.2) is 0 Å². The van der Waals surface area contributed by atoms with Crippen LogP contribution < -0.4 is 4.72 Å². The van der Waals surface area contributed by atoms with Crippen molar-refractivity contribution < 1.29 is 8.42 Å². The van der Waals surface area contributed by atoms with Crippen LogP contribution >= 0.6 is 23.2 Å². The molecule has 0 unspecified atom stereocenters. The van der Waals surface area contributed by atoms with E-state index in [4.69, 9.17) is 23.2 Å². The third kappa shape index (κ3) is 2.58. The lowest BCUT2D eigenvalue weighted by atomic mass is 10.2. The Morgan fingerprint density at radius 2 is 1.96 bits per heavy atom. The van der Waals surface area contributed by atoms with Crippen molar-refractivity contribution in [2.24, 2.45) is 0 Å². The maximum absolute atomic E-state index is 12.7. The highest BCUT2D eigenvalue weighted by molar-refractivity contribution is 7.93. The Kier molecular flexibility index (Phi) is 3.33. The van der Waals surface area contributed by atoms with Gasteiger partial charge in [0.25, 0.3) is 10.0 Å². The molecule has 1 aliphatic carbocycles. The molecule has 1 aromatic carbocycles. The zero-order chi connectivity index (χ0) is 16.2. The molecule has 3 N–H and O–H groups in total. The number of aromatic amines is 2. The summed E-state index contributed by atoms with van der Waals surface area (Å²) in [6.07, 6.45) is 5.00. The van der Waals surface area contributed by atoms with Crippen LogP contribution in [-0.2, 0) is 10.0 Å². The van der Waals surface area contributed by atoms with Crippen LogP contribution in [-0.4, -0.2) is 23.6 Å². The number of nitrogens with zero attached hydrogens (tertiary/aromatic N) is 1. The van der Waals surface area contributed by atoms with Crippen LogP contribution in [0.1, 0.15) is 24.5 Å². The minimum atomic E-state index is -3.77. The molecule has 1 saturated carbocycles. The number of halogens is 2. The highest BCUT2D eigenvalue weighted by Crippen LogP contribution is 2.42. The average molecular weight is 371 g/mol. The van der Waals surface area contributed by atoms with Crippen molar-refractivity contribution in [2.45, 2.75) is 23.7 Å². The van der Waals surface area contributed by atoms with Crippen molar-refractivity contribution in [3.05, 3.63) is 40.3 Å². The van der Waals surface area contributed by atoms with Gasteiger partial charge in [-0.25, -0.2) is 8.42 Å². The number of aromatic nitrogens is 3. The number of nitrogens with one attached hydrogen (secondary N) is 3. The predicted octanol–water partition coefficient (Wildman–Crippen LogP) is 3.88. The lowest BCUT2D eigenvalue weighted by Gasteiger charge is -2.07.